The number of hydrogen-bond donors (Lipinski definition) is 1. The van der Waals surface area contributed by atoms with Crippen molar-refractivity contribution in [2.75, 3.05) is 0 Å². The van der Waals surface area contributed by atoms with Gasteiger partial charge >= 0.3 is 0 Å². The van der Waals surface area contributed by atoms with Crippen molar-refractivity contribution in [3.05, 3.63) is 34.9 Å². The molecule has 0 aliphatic heterocycles. The first-order valence-corrected chi connectivity index (χ1v) is 7.19. The van der Waals surface area contributed by atoms with Crippen LogP contribution in [0.25, 0.3) is 0 Å². The molecular weight excluding hydrogens is 222 g/mol. The molecule has 0 saturated heterocycles. The van der Waals surface area contributed by atoms with Gasteiger partial charge in [-0.25, -0.2) is 0 Å². The molecule has 0 atom stereocenters. The molecule has 0 spiro atoms. The van der Waals surface area contributed by atoms with Gasteiger partial charge in [-0.05, 0) is 36.5 Å². The quantitative estimate of drug-likeness (QED) is 0.823. The molecule has 0 amide bonds. The summed E-state index contributed by atoms with van der Waals surface area (Å²) in [6.07, 6.45) is 8.36. The van der Waals surface area contributed by atoms with Gasteiger partial charge in [-0.3, -0.25) is 0 Å². The molecule has 0 unspecified atom stereocenters. The van der Waals surface area contributed by atoms with Crippen molar-refractivity contribution in [2.24, 2.45) is 5.73 Å². The maximum Gasteiger partial charge on any atom is 0.0723 e. The van der Waals surface area contributed by atoms with Gasteiger partial charge in [-0.15, -0.1) is 0 Å². The van der Waals surface area contributed by atoms with E-state index in [2.05, 4.69) is 25.1 Å². The Balaban J connectivity index is 1.88. The molecule has 0 radical (unpaired) electrons. The lowest BCUT2D eigenvalue weighted by atomic mass is 10.1. The molecule has 0 heterocycles. The Hall–Kier alpha value is -0.860. The summed E-state index contributed by atoms with van der Waals surface area (Å²) in [6, 6.07) is 6.44. The summed E-state index contributed by atoms with van der Waals surface area (Å²) in [7, 11) is 0. The Bertz CT molecular complexity index is 367. The highest BCUT2D eigenvalue weighted by Gasteiger charge is 2.12. The van der Waals surface area contributed by atoms with Crippen molar-refractivity contribution in [3.63, 3.8) is 0 Å². The van der Waals surface area contributed by atoms with Gasteiger partial charge in [0.1, 0.15) is 0 Å². The van der Waals surface area contributed by atoms with Crippen LogP contribution in [0, 0.1) is 6.92 Å². The average molecular weight is 247 g/mol. The minimum absolute atomic E-state index is 0.473. The van der Waals surface area contributed by atoms with Crippen LogP contribution in [-0.2, 0) is 17.9 Å². The minimum Gasteiger partial charge on any atom is -0.374 e. The van der Waals surface area contributed by atoms with E-state index in [4.69, 9.17) is 10.5 Å². The van der Waals surface area contributed by atoms with Crippen LogP contribution in [0.3, 0.4) is 0 Å². The lowest BCUT2D eigenvalue weighted by molar-refractivity contribution is 0.0307. The van der Waals surface area contributed by atoms with E-state index in [0.717, 1.165) is 6.61 Å². The third-order valence-electron chi connectivity index (χ3n) is 3.92. The first kappa shape index (κ1) is 13.6. The van der Waals surface area contributed by atoms with E-state index in [1.165, 1.54) is 55.2 Å². The van der Waals surface area contributed by atoms with Crippen molar-refractivity contribution in [1.29, 1.82) is 0 Å². The summed E-state index contributed by atoms with van der Waals surface area (Å²) in [4.78, 5) is 0. The highest BCUT2D eigenvalue weighted by Crippen LogP contribution is 2.21. The molecule has 1 aromatic rings. The Kier molecular flexibility index (Phi) is 5.21. The molecule has 2 rings (SSSR count). The summed E-state index contributed by atoms with van der Waals surface area (Å²) in [5.41, 5.74) is 9.45. The largest absolute Gasteiger partial charge is 0.374 e. The zero-order valence-corrected chi connectivity index (χ0v) is 11.5. The number of rotatable bonds is 4. The summed E-state index contributed by atoms with van der Waals surface area (Å²) in [6.45, 7) is 3.51. The van der Waals surface area contributed by atoms with Crippen LogP contribution >= 0.6 is 0 Å². The smallest absolute Gasteiger partial charge is 0.0723 e. The number of benzene rings is 1. The molecule has 1 aromatic carbocycles. The molecule has 1 aliphatic rings. The first-order chi connectivity index (χ1) is 8.79. The molecule has 1 fully saturated rings. The predicted octanol–water partition coefficient (Wildman–Crippen LogP) is 3.69. The third kappa shape index (κ3) is 3.82. The van der Waals surface area contributed by atoms with Crippen molar-refractivity contribution in [3.8, 4) is 0 Å². The zero-order chi connectivity index (χ0) is 12.8. The Morgan fingerprint density at radius 1 is 1.17 bits per heavy atom. The third-order valence-corrected chi connectivity index (χ3v) is 3.92. The average Bonchev–Trinajstić information content (AvgIpc) is 2.66. The van der Waals surface area contributed by atoms with Gasteiger partial charge in [0.2, 0.25) is 0 Å². The van der Waals surface area contributed by atoms with Gasteiger partial charge < -0.3 is 10.5 Å². The summed E-state index contributed by atoms with van der Waals surface area (Å²) in [5, 5.41) is 0. The second-order valence-corrected chi connectivity index (χ2v) is 5.39. The summed E-state index contributed by atoms with van der Waals surface area (Å²) in [5.74, 6) is 0. The second-order valence-electron chi connectivity index (χ2n) is 5.39. The minimum atomic E-state index is 0.473. The molecule has 0 bridgehead atoms. The van der Waals surface area contributed by atoms with Gasteiger partial charge in [0, 0.05) is 6.54 Å². The number of ether oxygens (including phenoxy) is 1. The van der Waals surface area contributed by atoms with E-state index in [9.17, 15) is 0 Å². The van der Waals surface area contributed by atoms with Gasteiger partial charge in [0.15, 0.2) is 0 Å². The SMILES string of the molecule is Cc1cc(CN)ccc1COC1CCCCCC1. The fourth-order valence-corrected chi connectivity index (χ4v) is 2.66. The van der Waals surface area contributed by atoms with Crippen molar-refractivity contribution >= 4 is 0 Å². The lowest BCUT2D eigenvalue weighted by Gasteiger charge is -2.16. The summed E-state index contributed by atoms with van der Waals surface area (Å²) < 4.78 is 6.07. The number of nitrogens with two attached hydrogens (primary N) is 1. The Labute approximate surface area is 111 Å². The molecular formula is C16H25NO. The Morgan fingerprint density at radius 2 is 1.89 bits per heavy atom. The van der Waals surface area contributed by atoms with Crippen LogP contribution in [0.5, 0.6) is 0 Å². The predicted molar refractivity (Wildman–Crippen MR) is 75.3 cm³/mol. The zero-order valence-electron chi connectivity index (χ0n) is 11.5. The van der Waals surface area contributed by atoms with Crippen LogP contribution < -0.4 is 5.73 Å². The van der Waals surface area contributed by atoms with Crippen LogP contribution in [0.1, 0.15) is 55.2 Å². The van der Waals surface area contributed by atoms with Crippen molar-refractivity contribution in [1.82, 2.24) is 0 Å². The van der Waals surface area contributed by atoms with Gasteiger partial charge in [-0.1, -0.05) is 43.9 Å². The molecule has 0 aromatic heterocycles. The van der Waals surface area contributed by atoms with E-state index < -0.39 is 0 Å². The molecule has 1 aliphatic carbocycles. The van der Waals surface area contributed by atoms with E-state index in [1.807, 2.05) is 0 Å². The second kappa shape index (κ2) is 6.91. The van der Waals surface area contributed by atoms with E-state index >= 15 is 0 Å². The van der Waals surface area contributed by atoms with Crippen molar-refractivity contribution < 1.29 is 4.74 Å². The van der Waals surface area contributed by atoms with E-state index in [-0.39, 0.29) is 0 Å². The number of hydrogen-bond acceptors (Lipinski definition) is 2. The van der Waals surface area contributed by atoms with E-state index in [1.54, 1.807) is 0 Å². The fraction of sp³-hybridized carbons (Fsp3) is 0.625. The topological polar surface area (TPSA) is 35.2 Å². The highest BCUT2D eigenvalue weighted by molar-refractivity contribution is 5.30. The van der Waals surface area contributed by atoms with Crippen LogP contribution in [0.15, 0.2) is 18.2 Å². The number of aryl methyl sites for hydroxylation is 1. The standard InChI is InChI=1S/C16H25NO/c1-13-10-14(11-17)8-9-15(13)12-18-16-6-4-2-3-5-7-16/h8-10,16H,2-7,11-12,17H2,1H3. The molecule has 2 heteroatoms. The monoisotopic (exact) mass is 247 g/mol. The maximum absolute atomic E-state index is 6.07. The van der Waals surface area contributed by atoms with Crippen LogP contribution in [0.4, 0.5) is 0 Å². The molecule has 1 saturated carbocycles. The normalized spacial score (nSPS) is 17.7. The van der Waals surface area contributed by atoms with Gasteiger partial charge in [-0.2, -0.15) is 0 Å². The van der Waals surface area contributed by atoms with E-state index in [0.29, 0.717) is 12.6 Å². The van der Waals surface area contributed by atoms with Crippen LogP contribution in [0.2, 0.25) is 0 Å². The Morgan fingerprint density at radius 3 is 2.50 bits per heavy atom. The van der Waals surface area contributed by atoms with Crippen molar-refractivity contribution in [2.45, 2.75) is 64.7 Å². The first-order valence-electron chi connectivity index (χ1n) is 7.19. The molecule has 2 nitrogen and oxygen atoms in total. The maximum atomic E-state index is 6.07. The molecule has 18 heavy (non-hydrogen) atoms. The van der Waals surface area contributed by atoms with Gasteiger partial charge in [0.05, 0.1) is 12.7 Å². The highest BCUT2D eigenvalue weighted by atomic mass is 16.5. The molecule has 2 N–H and O–H groups in total. The molecule has 100 valence electrons. The van der Waals surface area contributed by atoms with Gasteiger partial charge in [0.25, 0.3) is 0 Å². The van der Waals surface area contributed by atoms with Crippen LogP contribution in [-0.4, -0.2) is 6.10 Å². The fourth-order valence-electron chi connectivity index (χ4n) is 2.66. The lowest BCUT2D eigenvalue weighted by Crippen LogP contribution is -2.12. The summed E-state index contributed by atoms with van der Waals surface area (Å²) >= 11 is 0.